The molecule has 1 unspecified atom stereocenters. The fourth-order valence-electron chi connectivity index (χ4n) is 2.88. The van der Waals surface area contributed by atoms with Crippen molar-refractivity contribution in [2.75, 3.05) is 57.9 Å². The maximum Gasteiger partial charge on any atom is 0.225 e. The van der Waals surface area contributed by atoms with Crippen LogP contribution in [0.5, 0.6) is 0 Å². The lowest BCUT2D eigenvalue weighted by atomic mass is 10.3. The summed E-state index contributed by atoms with van der Waals surface area (Å²) in [7, 11) is 1.67. The number of carbonyl (C=O) groups is 1. The van der Waals surface area contributed by atoms with Gasteiger partial charge in [-0.25, -0.2) is 9.97 Å². The largest absolute Gasteiger partial charge is 0.383 e. The van der Waals surface area contributed by atoms with Crippen LogP contribution in [0.25, 0.3) is 0 Å². The Bertz CT molecular complexity index is 589. The normalized spacial score (nSPS) is 16.2. The van der Waals surface area contributed by atoms with E-state index in [4.69, 9.17) is 4.74 Å². The highest BCUT2D eigenvalue weighted by molar-refractivity contribution is 5.81. The summed E-state index contributed by atoms with van der Waals surface area (Å²) in [6.45, 7) is 8.72. The van der Waals surface area contributed by atoms with Crippen LogP contribution in [0.3, 0.4) is 0 Å². The van der Waals surface area contributed by atoms with Crippen LogP contribution in [-0.2, 0) is 9.53 Å². The molecule has 0 bridgehead atoms. The maximum absolute atomic E-state index is 12.5. The van der Waals surface area contributed by atoms with Crippen LogP contribution in [0.15, 0.2) is 23.5 Å². The van der Waals surface area contributed by atoms with Crippen molar-refractivity contribution in [1.29, 1.82) is 0 Å². The van der Waals surface area contributed by atoms with Crippen molar-refractivity contribution in [1.82, 2.24) is 25.5 Å². The second kappa shape index (κ2) is 11.3. The Morgan fingerprint density at radius 2 is 2.00 bits per heavy atom. The molecule has 0 saturated carbocycles. The van der Waals surface area contributed by atoms with E-state index in [0.717, 1.165) is 25.6 Å². The molecule has 1 saturated heterocycles. The van der Waals surface area contributed by atoms with Crippen LogP contribution in [0.2, 0.25) is 0 Å². The predicted molar refractivity (Wildman–Crippen MR) is 106 cm³/mol. The average molecular weight is 377 g/mol. The van der Waals surface area contributed by atoms with Gasteiger partial charge in [-0.3, -0.25) is 9.79 Å². The molecule has 2 heterocycles. The second-order valence-electron chi connectivity index (χ2n) is 6.43. The number of hydrogen-bond donors (Lipinski definition) is 2. The lowest BCUT2D eigenvalue weighted by molar-refractivity contribution is -0.131. The Balaban J connectivity index is 1.76. The molecule has 1 aromatic rings. The molecule has 0 aromatic carbocycles. The van der Waals surface area contributed by atoms with Gasteiger partial charge in [-0.1, -0.05) is 0 Å². The van der Waals surface area contributed by atoms with Crippen molar-refractivity contribution in [3.05, 3.63) is 18.5 Å². The minimum Gasteiger partial charge on any atom is -0.383 e. The first-order chi connectivity index (χ1) is 13.1. The molecule has 1 aromatic heterocycles. The number of carbonyl (C=O) groups excluding carboxylic acids is 1. The van der Waals surface area contributed by atoms with E-state index in [1.807, 2.05) is 18.7 Å². The summed E-state index contributed by atoms with van der Waals surface area (Å²) < 4.78 is 5.13. The first kappa shape index (κ1) is 20.9. The third kappa shape index (κ3) is 7.01. The molecular weight excluding hydrogens is 346 g/mol. The third-order valence-electron chi connectivity index (χ3n) is 4.21. The molecule has 1 amide bonds. The summed E-state index contributed by atoms with van der Waals surface area (Å²) >= 11 is 0. The Labute approximate surface area is 161 Å². The van der Waals surface area contributed by atoms with Crippen molar-refractivity contribution in [2.24, 2.45) is 4.99 Å². The van der Waals surface area contributed by atoms with Gasteiger partial charge < -0.3 is 25.2 Å². The van der Waals surface area contributed by atoms with Crippen LogP contribution < -0.4 is 15.5 Å². The number of piperazine rings is 1. The molecule has 9 nitrogen and oxygen atoms in total. The molecule has 9 heteroatoms. The van der Waals surface area contributed by atoms with Crippen LogP contribution in [-0.4, -0.2) is 85.8 Å². The molecule has 1 aliphatic heterocycles. The molecule has 2 N–H and O–H groups in total. The van der Waals surface area contributed by atoms with Gasteiger partial charge >= 0.3 is 0 Å². The smallest absolute Gasteiger partial charge is 0.225 e. The molecule has 27 heavy (non-hydrogen) atoms. The Morgan fingerprint density at radius 3 is 2.63 bits per heavy atom. The maximum atomic E-state index is 12.5. The fourth-order valence-corrected chi connectivity index (χ4v) is 2.88. The summed E-state index contributed by atoms with van der Waals surface area (Å²) in [6.07, 6.45) is 3.87. The van der Waals surface area contributed by atoms with Crippen LogP contribution >= 0.6 is 0 Å². The molecule has 1 fully saturated rings. The fraction of sp³-hybridized carbons (Fsp3) is 0.667. The molecular formula is C18H31N7O2. The molecule has 2 rings (SSSR count). The summed E-state index contributed by atoms with van der Waals surface area (Å²) in [5, 5.41) is 6.45. The minimum absolute atomic E-state index is 0.133. The minimum atomic E-state index is 0.133. The number of aromatic nitrogens is 2. The third-order valence-corrected chi connectivity index (χ3v) is 4.21. The van der Waals surface area contributed by atoms with Gasteiger partial charge in [-0.05, 0) is 19.9 Å². The molecule has 1 aliphatic rings. The number of aliphatic imine (C=N–C) groups is 1. The Kier molecular flexibility index (Phi) is 8.76. The number of rotatable bonds is 8. The van der Waals surface area contributed by atoms with Crippen LogP contribution in [0.1, 0.15) is 20.3 Å². The Morgan fingerprint density at radius 1 is 1.30 bits per heavy atom. The number of nitrogens with one attached hydrogen (secondary N) is 2. The van der Waals surface area contributed by atoms with Gasteiger partial charge in [0.25, 0.3) is 0 Å². The number of amides is 1. The second-order valence-corrected chi connectivity index (χ2v) is 6.43. The van der Waals surface area contributed by atoms with Gasteiger partial charge in [-0.15, -0.1) is 0 Å². The van der Waals surface area contributed by atoms with E-state index in [1.54, 1.807) is 25.6 Å². The lowest BCUT2D eigenvalue weighted by Gasteiger charge is -2.34. The number of hydrogen-bond acceptors (Lipinski definition) is 6. The molecule has 0 aliphatic carbocycles. The summed E-state index contributed by atoms with van der Waals surface area (Å²) in [4.78, 5) is 29.5. The van der Waals surface area contributed by atoms with Crippen molar-refractivity contribution in [3.8, 4) is 0 Å². The van der Waals surface area contributed by atoms with Crippen LogP contribution in [0, 0.1) is 0 Å². The SMILES string of the molecule is CCNC(=NCCC(=O)N1CCN(c2ncccn2)CC1)NC(C)COC. The van der Waals surface area contributed by atoms with E-state index in [-0.39, 0.29) is 11.9 Å². The summed E-state index contributed by atoms with van der Waals surface area (Å²) in [5.74, 6) is 1.56. The van der Waals surface area contributed by atoms with E-state index in [9.17, 15) is 4.79 Å². The Hall–Kier alpha value is -2.42. The number of methoxy groups -OCH3 is 1. The first-order valence-corrected chi connectivity index (χ1v) is 9.47. The predicted octanol–water partition coefficient (Wildman–Crippen LogP) is 0.105. The van der Waals surface area contributed by atoms with E-state index >= 15 is 0 Å². The summed E-state index contributed by atoms with van der Waals surface area (Å²) in [5.41, 5.74) is 0. The van der Waals surface area contributed by atoms with Crippen LogP contribution in [0.4, 0.5) is 5.95 Å². The zero-order valence-electron chi connectivity index (χ0n) is 16.5. The number of nitrogens with zero attached hydrogens (tertiary/aromatic N) is 5. The quantitative estimate of drug-likeness (QED) is 0.490. The highest BCUT2D eigenvalue weighted by Crippen LogP contribution is 2.10. The van der Waals surface area contributed by atoms with Gasteiger partial charge in [0.2, 0.25) is 11.9 Å². The van der Waals surface area contributed by atoms with E-state index < -0.39 is 0 Å². The standard InChI is InChI=1S/C18H31N7O2/c1-4-19-17(23-15(2)14-27-3)20-9-6-16(26)24-10-12-25(13-11-24)18-21-7-5-8-22-18/h5,7-8,15H,4,6,9-14H2,1-3H3,(H2,19,20,23). The zero-order chi connectivity index (χ0) is 19.5. The molecule has 0 radical (unpaired) electrons. The topological polar surface area (TPSA) is 95.0 Å². The first-order valence-electron chi connectivity index (χ1n) is 9.47. The van der Waals surface area contributed by atoms with Crippen molar-refractivity contribution in [2.45, 2.75) is 26.3 Å². The molecule has 0 spiro atoms. The van der Waals surface area contributed by atoms with E-state index in [2.05, 4.69) is 30.5 Å². The van der Waals surface area contributed by atoms with Gasteiger partial charge in [0, 0.05) is 64.7 Å². The number of guanidine groups is 1. The van der Waals surface area contributed by atoms with E-state index in [0.29, 0.717) is 38.6 Å². The number of anilines is 1. The monoisotopic (exact) mass is 377 g/mol. The van der Waals surface area contributed by atoms with Gasteiger partial charge in [-0.2, -0.15) is 0 Å². The highest BCUT2D eigenvalue weighted by atomic mass is 16.5. The van der Waals surface area contributed by atoms with Gasteiger partial charge in [0.15, 0.2) is 5.96 Å². The molecule has 150 valence electrons. The zero-order valence-corrected chi connectivity index (χ0v) is 16.5. The van der Waals surface area contributed by atoms with Gasteiger partial charge in [0.1, 0.15) is 0 Å². The van der Waals surface area contributed by atoms with E-state index in [1.165, 1.54) is 0 Å². The van der Waals surface area contributed by atoms with Gasteiger partial charge in [0.05, 0.1) is 13.2 Å². The average Bonchev–Trinajstić information content (AvgIpc) is 2.69. The van der Waals surface area contributed by atoms with Crippen molar-refractivity contribution in [3.63, 3.8) is 0 Å². The highest BCUT2D eigenvalue weighted by Gasteiger charge is 2.22. The molecule has 1 atom stereocenters. The number of ether oxygens (including phenoxy) is 1. The lowest BCUT2D eigenvalue weighted by Crippen LogP contribution is -2.49. The van der Waals surface area contributed by atoms with Crippen molar-refractivity contribution < 1.29 is 9.53 Å². The van der Waals surface area contributed by atoms with Crippen molar-refractivity contribution >= 4 is 17.8 Å². The summed E-state index contributed by atoms with van der Waals surface area (Å²) in [6, 6.07) is 1.95.